The zero-order chi connectivity index (χ0) is 10.4. The lowest BCUT2D eigenvalue weighted by Gasteiger charge is -2.09. The molecule has 88 valence electrons. The van der Waals surface area contributed by atoms with Crippen LogP contribution in [0.3, 0.4) is 0 Å². The number of nitrogens with one attached hydrogen (secondary N) is 2. The molecule has 1 aliphatic heterocycles. The lowest BCUT2D eigenvalue weighted by Crippen LogP contribution is -2.38. The lowest BCUT2D eigenvalue weighted by molar-refractivity contribution is -0.485. The summed E-state index contributed by atoms with van der Waals surface area (Å²) in [5, 5.41) is 18.0. The van der Waals surface area contributed by atoms with Gasteiger partial charge in [0, 0.05) is 26.1 Å². The third-order valence-corrected chi connectivity index (χ3v) is 2.00. The van der Waals surface area contributed by atoms with Crippen LogP contribution in [0.15, 0.2) is 5.10 Å². The Morgan fingerprint density at radius 3 is 2.93 bits per heavy atom. The van der Waals surface area contributed by atoms with Crippen LogP contribution in [0, 0.1) is 16.0 Å². The summed E-state index contributed by atoms with van der Waals surface area (Å²) < 4.78 is 5.17. The van der Waals surface area contributed by atoms with Gasteiger partial charge in [-0.05, 0) is 6.42 Å². The summed E-state index contributed by atoms with van der Waals surface area (Å²) in [5.41, 5.74) is 0. The number of hydrogen-bond donors (Lipinski definition) is 3. The molecule has 0 amide bonds. The Morgan fingerprint density at radius 2 is 2.47 bits per heavy atom. The molecule has 5 N–H and O–H groups in total. The average Bonchev–Trinajstić information content (AvgIpc) is 2.64. The molecule has 15 heavy (non-hydrogen) atoms. The van der Waals surface area contributed by atoms with Crippen molar-refractivity contribution < 1.29 is 9.77 Å². The van der Waals surface area contributed by atoms with E-state index < -0.39 is 5.03 Å². The van der Waals surface area contributed by atoms with Gasteiger partial charge in [0.1, 0.15) is 5.10 Å². The number of ether oxygens (including phenoxy) is 1. The summed E-state index contributed by atoms with van der Waals surface area (Å²) in [4.78, 5) is 10.1. The van der Waals surface area contributed by atoms with E-state index in [1.165, 1.54) is 0 Å². The minimum atomic E-state index is -0.732. The molecular weight excluding hydrogens is 202 g/mol. The predicted octanol–water partition coefficient (Wildman–Crippen LogP) is -0.458. The van der Waals surface area contributed by atoms with Gasteiger partial charge in [-0.2, -0.15) is 0 Å². The number of nitrogens with zero attached hydrogens (tertiary/aromatic N) is 2. The van der Waals surface area contributed by atoms with Crippen molar-refractivity contribution in [3.05, 3.63) is 10.1 Å². The van der Waals surface area contributed by atoms with E-state index in [1.54, 1.807) is 7.05 Å². The molecule has 1 unspecified atom stereocenters. The van der Waals surface area contributed by atoms with Crippen molar-refractivity contribution in [1.82, 2.24) is 16.8 Å². The van der Waals surface area contributed by atoms with E-state index in [2.05, 4.69) is 15.7 Å². The second-order valence-corrected chi connectivity index (χ2v) is 3.05. The number of hydrazone groups is 1. The summed E-state index contributed by atoms with van der Waals surface area (Å²) in [6.45, 7) is 2.13. The second-order valence-electron chi connectivity index (χ2n) is 3.05. The molecule has 0 aromatic rings. The molecule has 8 heteroatoms. The largest absolute Gasteiger partial charge is 0.381 e. The van der Waals surface area contributed by atoms with Gasteiger partial charge >= 0.3 is 0 Å². The van der Waals surface area contributed by atoms with Gasteiger partial charge in [-0.3, -0.25) is 0 Å². The first-order chi connectivity index (χ1) is 6.72. The molecular formula is C7H17N5O3. The molecule has 0 radical (unpaired) electrons. The van der Waals surface area contributed by atoms with Crippen LogP contribution < -0.4 is 16.8 Å². The number of guanidine groups is 1. The summed E-state index contributed by atoms with van der Waals surface area (Å²) in [6.07, 6.45) is 0.989. The van der Waals surface area contributed by atoms with Gasteiger partial charge in [0.15, 0.2) is 5.03 Å². The lowest BCUT2D eigenvalue weighted by atomic mass is 10.1. The molecule has 0 aliphatic carbocycles. The predicted molar refractivity (Wildman–Crippen MR) is 55.4 cm³/mol. The van der Waals surface area contributed by atoms with E-state index in [0.29, 0.717) is 19.1 Å². The Morgan fingerprint density at radius 1 is 1.73 bits per heavy atom. The van der Waals surface area contributed by atoms with Crippen LogP contribution in [0.5, 0.6) is 0 Å². The topological polar surface area (TPSA) is 124 Å². The van der Waals surface area contributed by atoms with Crippen molar-refractivity contribution in [2.24, 2.45) is 11.0 Å². The van der Waals surface area contributed by atoms with E-state index in [-0.39, 0.29) is 12.1 Å². The average molecular weight is 219 g/mol. The minimum absolute atomic E-state index is 0. The molecule has 1 atom stereocenters. The van der Waals surface area contributed by atoms with Crippen molar-refractivity contribution in [3.63, 3.8) is 0 Å². The van der Waals surface area contributed by atoms with Crippen LogP contribution in [-0.4, -0.2) is 37.8 Å². The highest BCUT2D eigenvalue weighted by atomic mass is 16.7. The number of hydrogen-bond acceptors (Lipinski definition) is 4. The molecule has 8 nitrogen and oxygen atoms in total. The quantitative estimate of drug-likeness (QED) is 0.255. The van der Waals surface area contributed by atoms with Gasteiger partial charge in [0.2, 0.25) is 0 Å². The first kappa shape index (κ1) is 13.6. The molecule has 1 heterocycles. The van der Waals surface area contributed by atoms with E-state index >= 15 is 0 Å². The van der Waals surface area contributed by atoms with Crippen molar-refractivity contribution in [2.45, 2.75) is 6.42 Å². The highest BCUT2D eigenvalue weighted by Crippen LogP contribution is 2.10. The summed E-state index contributed by atoms with van der Waals surface area (Å²) in [7, 11) is 1.58. The maximum Gasteiger partial charge on any atom is 0.268 e. The highest BCUT2D eigenvalue weighted by molar-refractivity contribution is 5.78. The summed E-state index contributed by atoms with van der Waals surface area (Å²) in [6, 6.07) is 0. The molecule has 0 spiro atoms. The van der Waals surface area contributed by atoms with Crippen LogP contribution >= 0.6 is 0 Å². The van der Waals surface area contributed by atoms with E-state index in [0.717, 1.165) is 13.0 Å². The van der Waals surface area contributed by atoms with Gasteiger partial charge in [0.05, 0.1) is 6.61 Å². The second kappa shape index (κ2) is 6.96. The Balaban J connectivity index is 0.00000196. The SMILES string of the molecule is CN/C(=N/[N+](=O)[O-])NCC1CCOC1.N. The Hall–Kier alpha value is -1.41. The third-order valence-electron chi connectivity index (χ3n) is 2.00. The number of rotatable bonds is 3. The molecule has 1 fully saturated rings. The zero-order valence-electron chi connectivity index (χ0n) is 8.73. The van der Waals surface area contributed by atoms with Crippen molar-refractivity contribution in [1.29, 1.82) is 0 Å². The first-order valence-electron chi connectivity index (χ1n) is 4.44. The number of nitro groups is 1. The standard InChI is InChI=1S/C7H14N4O3.H3N/c1-8-7(10-11(12)13)9-4-6-2-3-14-5-6;/h6H,2-5H2,1H3,(H2,8,9,10);1H3. The highest BCUT2D eigenvalue weighted by Gasteiger charge is 2.16. The van der Waals surface area contributed by atoms with Crippen LogP contribution in [0.2, 0.25) is 0 Å². The summed E-state index contributed by atoms with van der Waals surface area (Å²) in [5.74, 6) is 0.599. The molecule has 1 aliphatic rings. The third kappa shape index (κ3) is 5.13. The molecule has 1 saturated heterocycles. The maximum absolute atomic E-state index is 10.1. The fourth-order valence-electron chi connectivity index (χ4n) is 1.24. The van der Waals surface area contributed by atoms with Gasteiger partial charge in [-0.15, -0.1) is 0 Å². The van der Waals surface area contributed by atoms with Crippen molar-refractivity contribution in [3.8, 4) is 0 Å². The van der Waals surface area contributed by atoms with Gasteiger partial charge in [-0.25, -0.2) is 10.1 Å². The van der Waals surface area contributed by atoms with Crippen LogP contribution in [0.25, 0.3) is 0 Å². The van der Waals surface area contributed by atoms with Gasteiger partial charge in [-0.1, -0.05) is 0 Å². The maximum atomic E-state index is 10.1. The molecule has 1 rings (SSSR count). The van der Waals surface area contributed by atoms with E-state index in [1.807, 2.05) is 0 Å². The normalized spacial score (nSPS) is 20.6. The smallest absolute Gasteiger partial charge is 0.268 e. The fraction of sp³-hybridized carbons (Fsp3) is 0.857. The van der Waals surface area contributed by atoms with Gasteiger partial charge in [0.25, 0.3) is 5.96 Å². The molecule has 0 bridgehead atoms. The fourth-order valence-corrected chi connectivity index (χ4v) is 1.24. The molecule has 0 saturated carbocycles. The monoisotopic (exact) mass is 219 g/mol. The minimum Gasteiger partial charge on any atom is -0.381 e. The van der Waals surface area contributed by atoms with E-state index in [4.69, 9.17) is 4.74 Å². The molecule has 0 aromatic carbocycles. The Kier molecular flexibility index (Phi) is 6.30. The Bertz CT molecular complexity index is 227. The first-order valence-corrected chi connectivity index (χ1v) is 4.44. The van der Waals surface area contributed by atoms with E-state index in [9.17, 15) is 10.1 Å². The Labute approximate surface area is 87.8 Å². The van der Waals surface area contributed by atoms with Crippen molar-refractivity contribution in [2.75, 3.05) is 26.8 Å². The van der Waals surface area contributed by atoms with Crippen LogP contribution in [-0.2, 0) is 4.74 Å². The van der Waals surface area contributed by atoms with Gasteiger partial charge < -0.3 is 21.5 Å². The summed E-state index contributed by atoms with van der Waals surface area (Å²) >= 11 is 0. The molecule has 0 aromatic heterocycles. The van der Waals surface area contributed by atoms with Crippen LogP contribution in [0.4, 0.5) is 0 Å². The van der Waals surface area contributed by atoms with Crippen molar-refractivity contribution >= 4 is 5.96 Å². The van der Waals surface area contributed by atoms with Crippen LogP contribution in [0.1, 0.15) is 6.42 Å². The zero-order valence-corrected chi connectivity index (χ0v) is 8.73.